The summed E-state index contributed by atoms with van der Waals surface area (Å²) in [6.45, 7) is 0.258. The summed E-state index contributed by atoms with van der Waals surface area (Å²) in [5, 5.41) is 0. The van der Waals surface area contributed by atoms with Gasteiger partial charge in [-0.25, -0.2) is 4.79 Å². The van der Waals surface area contributed by atoms with Gasteiger partial charge in [0, 0.05) is 10.5 Å². The zero-order valence-electron chi connectivity index (χ0n) is 13.8. The van der Waals surface area contributed by atoms with Crippen molar-refractivity contribution in [1.29, 1.82) is 0 Å². The number of esters is 1. The highest BCUT2D eigenvalue weighted by Gasteiger charge is 2.27. The lowest BCUT2D eigenvalue weighted by Gasteiger charge is -2.10. The second kappa shape index (κ2) is 7.01. The van der Waals surface area contributed by atoms with Crippen molar-refractivity contribution in [2.75, 3.05) is 27.1 Å². The Morgan fingerprint density at radius 1 is 0.958 bits per heavy atom. The van der Waals surface area contributed by atoms with E-state index in [0.717, 1.165) is 21.6 Å². The number of hydrogen-bond donors (Lipinski definition) is 0. The Morgan fingerprint density at radius 2 is 1.62 bits per heavy atom. The molecular weight excluding hydrogens is 324 g/mol. The van der Waals surface area contributed by atoms with E-state index in [0.29, 0.717) is 17.1 Å². The van der Waals surface area contributed by atoms with Crippen LogP contribution >= 0.6 is 11.8 Å². The molecule has 3 rings (SSSR count). The van der Waals surface area contributed by atoms with Gasteiger partial charge < -0.3 is 14.2 Å². The van der Waals surface area contributed by atoms with Gasteiger partial charge in [-0.05, 0) is 41.6 Å². The first-order chi connectivity index (χ1) is 11.7. The second-order valence-corrected chi connectivity index (χ2v) is 6.11. The Labute approximate surface area is 145 Å². The number of ether oxygens (including phenoxy) is 3. The molecule has 1 aliphatic heterocycles. The smallest absolute Gasteiger partial charge is 0.339 e. The van der Waals surface area contributed by atoms with Crippen LogP contribution in [0.2, 0.25) is 0 Å². The minimum Gasteiger partial charge on any atom is -0.493 e. The van der Waals surface area contributed by atoms with Crippen LogP contribution in [0.25, 0.3) is 11.1 Å². The van der Waals surface area contributed by atoms with Crippen LogP contribution in [0.5, 0.6) is 11.5 Å². The highest BCUT2D eigenvalue weighted by Crippen LogP contribution is 2.37. The predicted octanol–water partition coefficient (Wildman–Crippen LogP) is 3.89. The van der Waals surface area contributed by atoms with Gasteiger partial charge >= 0.3 is 5.97 Å². The van der Waals surface area contributed by atoms with Crippen molar-refractivity contribution < 1.29 is 19.0 Å². The first-order valence-electron chi connectivity index (χ1n) is 7.45. The molecule has 0 saturated heterocycles. The lowest BCUT2D eigenvalue weighted by molar-refractivity contribution is -0.133. The van der Waals surface area contributed by atoms with E-state index in [1.807, 2.05) is 48.7 Å². The summed E-state index contributed by atoms with van der Waals surface area (Å²) in [6.07, 6.45) is 2.02. The molecule has 0 saturated carbocycles. The van der Waals surface area contributed by atoms with Gasteiger partial charge in [-0.3, -0.25) is 0 Å². The number of methoxy groups -OCH3 is 2. The van der Waals surface area contributed by atoms with E-state index in [1.165, 1.54) is 0 Å². The van der Waals surface area contributed by atoms with Gasteiger partial charge in [0.2, 0.25) is 0 Å². The summed E-state index contributed by atoms with van der Waals surface area (Å²) < 4.78 is 15.9. The monoisotopic (exact) mass is 342 g/mol. The first-order valence-corrected chi connectivity index (χ1v) is 8.67. The van der Waals surface area contributed by atoms with Crippen LogP contribution in [0, 0.1) is 0 Å². The van der Waals surface area contributed by atoms with Gasteiger partial charge in [0.25, 0.3) is 0 Å². The number of thioether (sulfide) groups is 1. The normalized spacial score (nSPS) is 13.9. The fourth-order valence-corrected chi connectivity index (χ4v) is 3.11. The summed E-state index contributed by atoms with van der Waals surface area (Å²) in [5.41, 5.74) is 3.22. The summed E-state index contributed by atoms with van der Waals surface area (Å²) in [7, 11) is 3.19. The molecule has 4 nitrogen and oxygen atoms in total. The van der Waals surface area contributed by atoms with Gasteiger partial charge in [0.15, 0.2) is 11.5 Å². The molecule has 1 heterocycles. The van der Waals surface area contributed by atoms with Crippen LogP contribution in [0.1, 0.15) is 11.1 Å². The highest BCUT2D eigenvalue weighted by molar-refractivity contribution is 7.98. The molecular formula is C19H18O4S. The van der Waals surface area contributed by atoms with E-state index in [9.17, 15) is 4.79 Å². The molecule has 5 heteroatoms. The molecule has 0 aliphatic carbocycles. The van der Waals surface area contributed by atoms with E-state index < -0.39 is 0 Å². The highest BCUT2D eigenvalue weighted by atomic mass is 32.2. The van der Waals surface area contributed by atoms with Crippen molar-refractivity contribution in [3.05, 3.63) is 53.6 Å². The Hall–Kier alpha value is -2.40. The molecule has 0 unspecified atom stereocenters. The van der Waals surface area contributed by atoms with Gasteiger partial charge in [-0.15, -0.1) is 11.8 Å². The Kier molecular flexibility index (Phi) is 4.81. The first kappa shape index (κ1) is 16.5. The van der Waals surface area contributed by atoms with Crippen molar-refractivity contribution in [2.45, 2.75) is 4.90 Å². The standard InChI is InChI=1S/C19H18O4S/c1-21-16-9-6-13(10-17(16)22-2)15-11-23-19(20)18(15)12-4-7-14(24-3)8-5-12/h4-10H,11H2,1-3H3. The Balaban J connectivity index is 2.09. The maximum Gasteiger partial charge on any atom is 0.339 e. The molecule has 1 aliphatic rings. The molecule has 2 aromatic rings. The lowest BCUT2D eigenvalue weighted by Crippen LogP contribution is -1.98. The number of hydrogen-bond acceptors (Lipinski definition) is 5. The molecule has 24 heavy (non-hydrogen) atoms. The van der Waals surface area contributed by atoms with Gasteiger partial charge in [-0.2, -0.15) is 0 Å². The minimum atomic E-state index is -0.295. The summed E-state index contributed by atoms with van der Waals surface area (Å²) in [5.74, 6) is 0.980. The largest absolute Gasteiger partial charge is 0.493 e. The fraction of sp³-hybridized carbons (Fsp3) is 0.211. The third kappa shape index (κ3) is 2.99. The maximum absolute atomic E-state index is 12.2. The topological polar surface area (TPSA) is 44.8 Å². The van der Waals surface area contributed by atoms with E-state index >= 15 is 0 Å². The van der Waals surface area contributed by atoms with Gasteiger partial charge in [0.1, 0.15) is 6.61 Å². The lowest BCUT2D eigenvalue weighted by atomic mass is 9.96. The molecule has 124 valence electrons. The molecule has 0 bridgehead atoms. The molecule has 0 aromatic heterocycles. The van der Waals surface area contributed by atoms with E-state index in [-0.39, 0.29) is 12.6 Å². The van der Waals surface area contributed by atoms with Crippen LogP contribution in [0.15, 0.2) is 47.4 Å². The number of rotatable bonds is 5. The van der Waals surface area contributed by atoms with Crippen LogP contribution in [0.3, 0.4) is 0 Å². The number of cyclic esters (lactones) is 1. The van der Waals surface area contributed by atoms with Gasteiger partial charge in [-0.1, -0.05) is 18.2 Å². The summed E-state index contributed by atoms with van der Waals surface area (Å²) >= 11 is 1.66. The average molecular weight is 342 g/mol. The van der Waals surface area contributed by atoms with Crippen molar-refractivity contribution in [3.63, 3.8) is 0 Å². The van der Waals surface area contributed by atoms with Gasteiger partial charge in [0.05, 0.1) is 19.8 Å². The predicted molar refractivity (Wildman–Crippen MR) is 95.5 cm³/mol. The van der Waals surface area contributed by atoms with Crippen LogP contribution in [-0.2, 0) is 9.53 Å². The Bertz CT molecular complexity index is 794. The van der Waals surface area contributed by atoms with Crippen molar-refractivity contribution >= 4 is 28.9 Å². The van der Waals surface area contributed by atoms with Crippen LogP contribution in [0.4, 0.5) is 0 Å². The van der Waals surface area contributed by atoms with Crippen LogP contribution in [-0.4, -0.2) is 33.1 Å². The second-order valence-electron chi connectivity index (χ2n) is 5.23. The molecule has 0 amide bonds. The Morgan fingerprint density at radius 3 is 2.25 bits per heavy atom. The number of carbonyl (C=O) groups excluding carboxylic acids is 1. The molecule has 0 N–H and O–H groups in total. The molecule has 0 atom stereocenters. The van der Waals surface area contributed by atoms with E-state index in [1.54, 1.807) is 26.0 Å². The van der Waals surface area contributed by atoms with Crippen LogP contribution < -0.4 is 9.47 Å². The number of carbonyl (C=O) groups is 1. The fourth-order valence-electron chi connectivity index (χ4n) is 2.71. The summed E-state index contributed by atoms with van der Waals surface area (Å²) in [6, 6.07) is 13.5. The van der Waals surface area contributed by atoms with E-state index in [4.69, 9.17) is 14.2 Å². The molecule has 2 aromatic carbocycles. The zero-order valence-corrected chi connectivity index (χ0v) is 14.6. The molecule has 0 fully saturated rings. The third-order valence-electron chi connectivity index (χ3n) is 3.96. The minimum absolute atomic E-state index is 0.258. The van der Waals surface area contributed by atoms with Crippen molar-refractivity contribution in [2.24, 2.45) is 0 Å². The van der Waals surface area contributed by atoms with Crippen molar-refractivity contribution in [3.8, 4) is 11.5 Å². The zero-order chi connectivity index (χ0) is 17.1. The summed E-state index contributed by atoms with van der Waals surface area (Å²) in [4.78, 5) is 13.4. The molecule has 0 radical (unpaired) electrons. The van der Waals surface area contributed by atoms with Crippen molar-refractivity contribution in [1.82, 2.24) is 0 Å². The van der Waals surface area contributed by atoms with E-state index in [2.05, 4.69) is 0 Å². The quantitative estimate of drug-likeness (QED) is 0.609. The third-order valence-corrected chi connectivity index (χ3v) is 4.71. The SMILES string of the molecule is COc1ccc(C2=C(c3ccc(SC)cc3)C(=O)OC2)cc1OC. The molecule has 0 spiro atoms. The number of benzene rings is 2. The average Bonchev–Trinajstić information content (AvgIpc) is 3.02. The maximum atomic E-state index is 12.2.